The van der Waals surface area contributed by atoms with E-state index in [1.165, 1.54) is 12.4 Å². The fraction of sp³-hybridized carbons (Fsp3) is 0.154. The summed E-state index contributed by atoms with van der Waals surface area (Å²) in [5, 5.41) is 11.9. The van der Waals surface area contributed by atoms with E-state index in [0.29, 0.717) is 6.54 Å². The number of carboxylic acid groups (broad SMARTS) is 1. The van der Waals surface area contributed by atoms with E-state index in [-0.39, 0.29) is 11.5 Å². The molecule has 0 atom stereocenters. The van der Waals surface area contributed by atoms with Crippen molar-refractivity contribution in [3.8, 4) is 5.75 Å². The van der Waals surface area contributed by atoms with Gasteiger partial charge in [-0.2, -0.15) is 0 Å². The number of aromatic carboxylic acids is 1. The molecule has 19 heavy (non-hydrogen) atoms. The van der Waals surface area contributed by atoms with Crippen LogP contribution in [0, 0.1) is 0 Å². The molecule has 0 saturated carbocycles. The van der Waals surface area contributed by atoms with Crippen LogP contribution in [0.3, 0.4) is 0 Å². The van der Waals surface area contributed by atoms with Gasteiger partial charge in [-0.05, 0) is 17.7 Å². The molecule has 0 unspecified atom stereocenters. The maximum absolute atomic E-state index is 11.0. The van der Waals surface area contributed by atoms with Crippen LogP contribution in [0.25, 0.3) is 0 Å². The molecule has 2 rings (SSSR count). The number of methoxy groups -OCH3 is 1. The highest BCUT2D eigenvalue weighted by Crippen LogP contribution is 2.15. The van der Waals surface area contributed by atoms with Crippen LogP contribution >= 0.6 is 0 Å². The van der Waals surface area contributed by atoms with Crippen molar-refractivity contribution < 1.29 is 14.6 Å². The molecule has 0 amide bonds. The number of benzene rings is 1. The number of carboxylic acids is 1. The minimum Gasteiger partial charge on any atom is -0.497 e. The first-order chi connectivity index (χ1) is 9.20. The number of hydrogen-bond acceptors (Lipinski definition) is 5. The molecule has 0 aliphatic rings. The Morgan fingerprint density at radius 1 is 1.37 bits per heavy atom. The van der Waals surface area contributed by atoms with Crippen molar-refractivity contribution in [3.63, 3.8) is 0 Å². The predicted molar refractivity (Wildman–Crippen MR) is 69.3 cm³/mol. The van der Waals surface area contributed by atoms with Crippen LogP contribution < -0.4 is 10.1 Å². The van der Waals surface area contributed by atoms with E-state index in [1.54, 1.807) is 7.11 Å². The number of hydrogen-bond donors (Lipinski definition) is 2. The first-order valence-corrected chi connectivity index (χ1v) is 5.62. The smallest absolute Gasteiger partial charge is 0.358 e. The first-order valence-electron chi connectivity index (χ1n) is 5.62. The molecule has 1 heterocycles. The lowest BCUT2D eigenvalue weighted by molar-refractivity contribution is 0.0691. The highest BCUT2D eigenvalue weighted by atomic mass is 16.5. The molecule has 6 nitrogen and oxygen atoms in total. The van der Waals surface area contributed by atoms with E-state index in [0.717, 1.165) is 11.3 Å². The van der Waals surface area contributed by atoms with Crippen LogP contribution in [0.4, 0.5) is 5.82 Å². The van der Waals surface area contributed by atoms with Gasteiger partial charge in [-0.15, -0.1) is 0 Å². The fourth-order valence-corrected chi connectivity index (χ4v) is 1.59. The van der Waals surface area contributed by atoms with Crippen LogP contribution in [0.5, 0.6) is 5.75 Å². The summed E-state index contributed by atoms with van der Waals surface area (Å²) < 4.78 is 5.12. The van der Waals surface area contributed by atoms with Crippen molar-refractivity contribution >= 4 is 11.8 Å². The summed E-state index contributed by atoms with van der Waals surface area (Å²) in [7, 11) is 1.59. The Hall–Kier alpha value is -2.63. The summed E-state index contributed by atoms with van der Waals surface area (Å²) in [6.45, 7) is 0.441. The average Bonchev–Trinajstić information content (AvgIpc) is 2.45. The van der Waals surface area contributed by atoms with Gasteiger partial charge in [0.05, 0.1) is 7.11 Å². The quantitative estimate of drug-likeness (QED) is 0.851. The monoisotopic (exact) mass is 259 g/mol. The average molecular weight is 259 g/mol. The second-order valence-electron chi connectivity index (χ2n) is 3.76. The summed E-state index contributed by atoms with van der Waals surface area (Å²) in [6.07, 6.45) is 2.79. The molecule has 1 aromatic carbocycles. The molecule has 0 saturated heterocycles. The molecule has 0 aliphatic heterocycles. The Morgan fingerprint density at radius 3 is 2.89 bits per heavy atom. The third-order valence-corrected chi connectivity index (χ3v) is 2.49. The van der Waals surface area contributed by atoms with Gasteiger partial charge in [0.1, 0.15) is 5.75 Å². The Bertz CT molecular complexity index is 587. The summed E-state index contributed by atoms with van der Waals surface area (Å²) in [5.74, 6) is -0.115. The van der Waals surface area contributed by atoms with Gasteiger partial charge < -0.3 is 15.2 Å². The zero-order chi connectivity index (χ0) is 13.7. The van der Waals surface area contributed by atoms with E-state index in [2.05, 4.69) is 15.3 Å². The van der Waals surface area contributed by atoms with Gasteiger partial charge >= 0.3 is 5.97 Å². The zero-order valence-electron chi connectivity index (χ0n) is 10.3. The molecule has 2 aromatic rings. The number of nitrogens with one attached hydrogen (secondary N) is 1. The molecular formula is C13H13N3O3. The molecule has 0 fully saturated rings. The minimum atomic E-state index is -1.11. The molecule has 0 bridgehead atoms. The molecular weight excluding hydrogens is 246 g/mol. The van der Waals surface area contributed by atoms with Crippen LogP contribution in [-0.2, 0) is 6.54 Å². The molecule has 0 radical (unpaired) electrons. The van der Waals surface area contributed by atoms with Crippen molar-refractivity contribution in [3.05, 3.63) is 47.9 Å². The molecule has 2 N–H and O–H groups in total. The van der Waals surface area contributed by atoms with Crippen molar-refractivity contribution in [1.29, 1.82) is 0 Å². The highest BCUT2D eigenvalue weighted by molar-refractivity contribution is 5.90. The minimum absolute atomic E-state index is 0.0922. The van der Waals surface area contributed by atoms with Gasteiger partial charge in [-0.1, -0.05) is 12.1 Å². The molecule has 0 aliphatic carbocycles. The number of anilines is 1. The topological polar surface area (TPSA) is 84.3 Å². The SMILES string of the molecule is COc1cccc(CNc2nccnc2C(=O)O)c1. The Labute approximate surface area is 110 Å². The fourth-order valence-electron chi connectivity index (χ4n) is 1.59. The van der Waals surface area contributed by atoms with Gasteiger partial charge in [-0.25, -0.2) is 14.8 Å². The van der Waals surface area contributed by atoms with E-state index < -0.39 is 5.97 Å². The van der Waals surface area contributed by atoms with Gasteiger partial charge in [0, 0.05) is 18.9 Å². The van der Waals surface area contributed by atoms with Crippen LogP contribution in [-0.4, -0.2) is 28.2 Å². The first kappa shape index (κ1) is 12.8. The summed E-state index contributed by atoms with van der Waals surface area (Å²) in [4.78, 5) is 18.7. The van der Waals surface area contributed by atoms with E-state index >= 15 is 0 Å². The predicted octanol–water partition coefficient (Wildman–Crippen LogP) is 1.80. The lowest BCUT2D eigenvalue weighted by Gasteiger charge is -2.08. The van der Waals surface area contributed by atoms with Crippen molar-refractivity contribution in [2.75, 3.05) is 12.4 Å². The van der Waals surface area contributed by atoms with E-state index in [4.69, 9.17) is 9.84 Å². The number of carbonyl (C=O) groups is 1. The second-order valence-corrected chi connectivity index (χ2v) is 3.76. The molecule has 0 spiro atoms. The second kappa shape index (κ2) is 5.81. The van der Waals surface area contributed by atoms with Crippen LogP contribution in [0.1, 0.15) is 16.1 Å². The normalized spacial score (nSPS) is 9.95. The molecule has 6 heteroatoms. The van der Waals surface area contributed by atoms with Gasteiger partial charge in [0.2, 0.25) is 0 Å². The number of aromatic nitrogens is 2. The zero-order valence-corrected chi connectivity index (χ0v) is 10.3. The number of ether oxygens (including phenoxy) is 1. The highest BCUT2D eigenvalue weighted by Gasteiger charge is 2.11. The van der Waals surface area contributed by atoms with Crippen molar-refractivity contribution in [2.24, 2.45) is 0 Å². The largest absolute Gasteiger partial charge is 0.497 e. The third-order valence-electron chi connectivity index (χ3n) is 2.49. The Balaban J connectivity index is 2.12. The number of nitrogens with zero attached hydrogens (tertiary/aromatic N) is 2. The van der Waals surface area contributed by atoms with Crippen molar-refractivity contribution in [2.45, 2.75) is 6.54 Å². The summed E-state index contributed by atoms with van der Waals surface area (Å²) >= 11 is 0. The summed E-state index contributed by atoms with van der Waals surface area (Å²) in [6, 6.07) is 7.48. The molecule has 1 aromatic heterocycles. The maximum Gasteiger partial charge on any atom is 0.358 e. The van der Waals surface area contributed by atoms with Gasteiger partial charge in [0.15, 0.2) is 11.5 Å². The summed E-state index contributed by atoms with van der Waals surface area (Å²) in [5.41, 5.74) is 0.867. The van der Waals surface area contributed by atoms with Crippen molar-refractivity contribution in [1.82, 2.24) is 9.97 Å². The lowest BCUT2D eigenvalue weighted by atomic mass is 10.2. The maximum atomic E-state index is 11.0. The van der Waals surface area contributed by atoms with Gasteiger partial charge in [-0.3, -0.25) is 0 Å². The standard InChI is InChI=1S/C13H13N3O3/c1-19-10-4-2-3-9(7-10)8-16-12-11(13(17)18)14-5-6-15-12/h2-7H,8H2,1H3,(H,15,16)(H,17,18). The third kappa shape index (κ3) is 3.19. The molecule has 98 valence electrons. The lowest BCUT2D eigenvalue weighted by Crippen LogP contribution is -2.10. The van der Waals surface area contributed by atoms with E-state index in [9.17, 15) is 4.79 Å². The number of rotatable bonds is 5. The Kier molecular flexibility index (Phi) is 3.92. The van der Waals surface area contributed by atoms with Gasteiger partial charge in [0.25, 0.3) is 0 Å². The van der Waals surface area contributed by atoms with E-state index in [1.807, 2.05) is 24.3 Å². The Morgan fingerprint density at radius 2 is 2.16 bits per heavy atom. The van der Waals surface area contributed by atoms with Crippen LogP contribution in [0.2, 0.25) is 0 Å². The van der Waals surface area contributed by atoms with Crippen LogP contribution in [0.15, 0.2) is 36.7 Å².